The first-order valence-corrected chi connectivity index (χ1v) is 4.79. The maximum Gasteiger partial charge on any atom is 0.218 e. The first-order valence-electron chi connectivity index (χ1n) is 3.72. The zero-order valence-corrected chi connectivity index (χ0v) is 8.70. The second-order valence-corrected chi connectivity index (χ2v) is 2.52. The van der Waals surface area contributed by atoms with Gasteiger partial charge in [-0.05, 0) is 0 Å². The number of halogens is 2. The third kappa shape index (κ3) is 3.81. The molecule has 1 rings (SSSR count). The minimum atomic E-state index is 0.0539. The molecule has 0 spiro atoms. The van der Waals surface area contributed by atoms with Crippen LogP contribution in [0.2, 0.25) is 0 Å². The lowest BCUT2D eigenvalue weighted by Gasteiger charge is -1.99. The first kappa shape index (κ1) is 11.1. The van der Waals surface area contributed by atoms with E-state index in [0.29, 0.717) is 11.7 Å². The SMILES string of the molecule is ClCOC=Cc1nccc(OCCl)n1. The van der Waals surface area contributed by atoms with Gasteiger partial charge in [0.05, 0.1) is 6.26 Å². The van der Waals surface area contributed by atoms with Crippen molar-refractivity contribution >= 4 is 29.3 Å². The second-order valence-electron chi connectivity index (χ2n) is 2.09. The molecule has 0 N–H and O–H groups in total. The Kier molecular flexibility index (Phi) is 5.11. The van der Waals surface area contributed by atoms with Gasteiger partial charge in [0.15, 0.2) is 18.0 Å². The molecule has 1 heterocycles. The van der Waals surface area contributed by atoms with Gasteiger partial charge in [0.1, 0.15) is 0 Å². The van der Waals surface area contributed by atoms with E-state index in [4.69, 9.17) is 32.7 Å². The van der Waals surface area contributed by atoms with E-state index in [0.717, 1.165) is 0 Å². The van der Waals surface area contributed by atoms with Crippen LogP contribution in [0.1, 0.15) is 5.82 Å². The summed E-state index contributed by atoms with van der Waals surface area (Å²) in [5.74, 6) is 0.887. The Balaban J connectivity index is 2.63. The molecule has 0 unspecified atom stereocenters. The lowest BCUT2D eigenvalue weighted by Crippen LogP contribution is -1.95. The first-order chi connectivity index (χ1) is 6.86. The second kappa shape index (κ2) is 6.45. The molecule has 76 valence electrons. The number of alkyl halides is 2. The van der Waals surface area contributed by atoms with Crippen molar-refractivity contribution in [1.29, 1.82) is 0 Å². The summed E-state index contributed by atoms with van der Waals surface area (Å²) in [6.45, 7) is 0. The Morgan fingerprint density at radius 2 is 2.21 bits per heavy atom. The average molecular weight is 235 g/mol. The molecule has 14 heavy (non-hydrogen) atoms. The molecule has 0 amide bonds. The Labute approximate surface area is 91.5 Å². The molecule has 0 bridgehead atoms. The van der Waals surface area contributed by atoms with Crippen molar-refractivity contribution in [2.24, 2.45) is 0 Å². The number of rotatable bonds is 5. The van der Waals surface area contributed by atoms with E-state index in [2.05, 4.69) is 9.97 Å². The van der Waals surface area contributed by atoms with Gasteiger partial charge >= 0.3 is 0 Å². The van der Waals surface area contributed by atoms with Crippen LogP contribution in [0.25, 0.3) is 6.08 Å². The van der Waals surface area contributed by atoms with Crippen LogP contribution in [0, 0.1) is 0 Å². The number of aromatic nitrogens is 2. The molecule has 0 fully saturated rings. The minimum Gasteiger partial charge on any atom is -0.485 e. The lowest BCUT2D eigenvalue weighted by molar-refractivity contribution is 0.315. The summed E-state index contributed by atoms with van der Waals surface area (Å²) in [5.41, 5.74) is 0. The lowest BCUT2D eigenvalue weighted by atomic mass is 10.5. The highest BCUT2D eigenvalue weighted by Crippen LogP contribution is 2.06. The van der Waals surface area contributed by atoms with Crippen LogP contribution in [0.15, 0.2) is 18.5 Å². The maximum absolute atomic E-state index is 5.37. The summed E-state index contributed by atoms with van der Waals surface area (Å²) >= 11 is 10.7. The van der Waals surface area contributed by atoms with Crippen molar-refractivity contribution in [3.63, 3.8) is 0 Å². The summed E-state index contributed by atoms with van der Waals surface area (Å²) in [6.07, 6.45) is 4.55. The average Bonchev–Trinajstić information content (AvgIpc) is 2.19. The summed E-state index contributed by atoms with van der Waals surface area (Å²) in [4.78, 5) is 7.96. The molecule has 6 heteroatoms. The van der Waals surface area contributed by atoms with E-state index < -0.39 is 0 Å². The zero-order valence-electron chi connectivity index (χ0n) is 7.19. The Morgan fingerprint density at radius 1 is 1.36 bits per heavy atom. The van der Waals surface area contributed by atoms with Crippen LogP contribution in [0.4, 0.5) is 0 Å². The monoisotopic (exact) mass is 234 g/mol. The van der Waals surface area contributed by atoms with E-state index in [-0.39, 0.29) is 12.1 Å². The van der Waals surface area contributed by atoms with Crippen molar-refractivity contribution in [2.45, 2.75) is 0 Å². The van der Waals surface area contributed by atoms with E-state index in [1.807, 2.05) is 0 Å². The molecule has 4 nitrogen and oxygen atoms in total. The van der Waals surface area contributed by atoms with Gasteiger partial charge < -0.3 is 9.47 Å². The van der Waals surface area contributed by atoms with Crippen LogP contribution in [-0.4, -0.2) is 22.1 Å². The normalized spacial score (nSPS) is 10.4. The van der Waals surface area contributed by atoms with Gasteiger partial charge in [0.2, 0.25) is 5.88 Å². The van der Waals surface area contributed by atoms with Crippen LogP contribution in [0.5, 0.6) is 5.88 Å². The zero-order chi connectivity index (χ0) is 10.2. The molecule has 0 aliphatic heterocycles. The summed E-state index contributed by atoms with van der Waals surface area (Å²) in [7, 11) is 0. The van der Waals surface area contributed by atoms with Crippen molar-refractivity contribution in [3.8, 4) is 5.88 Å². The van der Waals surface area contributed by atoms with Crippen LogP contribution in [-0.2, 0) is 4.74 Å². The van der Waals surface area contributed by atoms with Gasteiger partial charge in [-0.2, -0.15) is 4.98 Å². The van der Waals surface area contributed by atoms with Gasteiger partial charge in [0.25, 0.3) is 0 Å². The fraction of sp³-hybridized carbons (Fsp3) is 0.250. The number of hydrogen-bond donors (Lipinski definition) is 0. The Morgan fingerprint density at radius 3 is 2.93 bits per heavy atom. The molecule has 0 radical (unpaired) electrons. The van der Waals surface area contributed by atoms with Crippen molar-refractivity contribution in [1.82, 2.24) is 9.97 Å². The van der Waals surface area contributed by atoms with Crippen molar-refractivity contribution < 1.29 is 9.47 Å². The molecule has 0 saturated carbocycles. The molecule has 1 aromatic rings. The standard InChI is InChI=1S/C8H8Cl2N2O2/c9-5-13-4-2-7-11-3-1-8(12-7)14-6-10/h1-4H,5-6H2. The maximum atomic E-state index is 5.37. The van der Waals surface area contributed by atoms with Crippen LogP contribution in [0.3, 0.4) is 0 Å². The predicted octanol–water partition coefficient (Wildman–Crippen LogP) is 2.24. The minimum absolute atomic E-state index is 0.0539. The molecule has 1 aromatic heterocycles. The molecule has 0 aliphatic carbocycles. The number of hydrogen-bond acceptors (Lipinski definition) is 4. The van der Waals surface area contributed by atoms with Gasteiger partial charge in [-0.1, -0.05) is 23.2 Å². The Bertz CT molecular complexity index is 307. The summed E-state index contributed by atoms with van der Waals surface area (Å²) in [5, 5.41) is 0. The predicted molar refractivity (Wildman–Crippen MR) is 54.2 cm³/mol. The smallest absolute Gasteiger partial charge is 0.218 e. The summed E-state index contributed by atoms with van der Waals surface area (Å²) in [6, 6.07) is 1.76. The largest absolute Gasteiger partial charge is 0.485 e. The van der Waals surface area contributed by atoms with Gasteiger partial charge in [-0.25, -0.2) is 4.98 Å². The quantitative estimate of drug-likeness (QED) is 0.579. The van der Waals surface area contributed by atoms with Gasteiger partial charge in [-0.3, -0.25) is 0 Å². The topological polar surface area (TPSA) is 44.2 Å². The molecule has 0 atom stereocenters. The third-order valence-corrected chi connectivity index (χ3v) is 1.46. The van der Waals surface area contributed by atoms with Crippen molar-refractivity contribution in [3.05, 3.63) is 24.3 Å². The molecule has 0 aliphatic rings. The summed E-state index contributed by atoms with van der Waals surface area (Å²) < 4.78 is 9.74. The van der Waals surface area contributed by atoms with Crippen LogP contribution < -0.4 is 4.74 Å². The molecular weight excluding hydrogens is 227 g/mol. The molecule has 0 saturated heterocycles. The van der Waals surface area contributed by atoms with E-state index in [1.54, 1.807) is 18.3 Å². The van der Waals surface area contributed by atoms with E-state index in [9.17, 15) is 0 Å². The number of ether oxygens (including phenoxy) is 2. The third-order valence-electron chi connectivity index (χ3n) is 1.23. The van der Waals surface area contributed by atoms with Crippen LogP contribution >= 0.6 is 23.2 Å². The molecular formula is C8H8Cl2N2O2. The van der Waals surface area contributed by atoms with Gasteiger partial charge in [0, 0.05) is 18.3 Å². The Hall–Kier alpha value is -1.00. The fourth-order valence-electron chi connectivity index (χ4n) is 0.718. The van der Waals surface area contributed by atoms with Gasteiger partial charge in [-0.15, -0.1) is 0 Å². The molecule has 0 aromatic carbocycles. The highest BCUT2D eigenvalue weighted by atomic mass is 35.5. The van der Waals surface area contributed by atoms with E-state index >= 15 is 0 Å². The highest BCUT2D eigenvalue weighted by Gasteiger charge is 1.95. The van der Waals surface area contributed by atoms with E-state index in [1.165, 1.54) is 6.26 Å². The van der Waals surface area contributed by atoms with Crippen molar-refractivity contribution in [2.75, 3.05) is 12.1 Å². The highest BCUT2D eigenvalue weighted by molar-refractivity contribution is 6.17. The fourth-order valence-corrected chi connectivity index (χ4v) is 0.903. The number of nitrogens with zero attached hydrogens (tertiary/aromatic N) is 2.